The summed E-state index contributed by atoms with van der Waals surface area (Å²) in [5.74, 6) is 0. The van der Waals surface area contributed by atoms with Crippen molar-refractivity contribution in [2.24, 2.45) is 0 Å². The summed E-state index contributed by atoms with van der Waals surface area (Å²) in [6.45, 7) is 3.42. The molecule has 0 saturated carbocycles. The summed E-state index contributed by atoms with van der Waals surface area (Å²) in [7, 11) is 0. The van der Waals surface area contributed by atoms with Gasteiger partial charge in [0, 0.05) is 34.5 Å². The number of fused-ring (bicyclic) bond motifs is 4. The van der Waals surface area contributed by atoms with Gasteiger partial charge in [0.1, 0.15) is 0 Å². The van der Waals surface area contributed by atoms with Gasteiger partial charge in [-0.1, -0.05) is 84.6 Å². The van der Waals surface area contributed by atoms with Crippen molar-refractivity contribution < 1.29 is 0 Å². The minimum atomic E-state index is 0.585. The van der Waals surface area contributed by atoms with Crippen LogP contribution >= 0.6 is 11.8 Å². The van der Waals surface area contributed by atoms with Crippen LogP contribution in [0.3, 0.4) is 0 Å². The van der Waals surface area contributed by atoms with E-state index in [4.69, 9.17) is 0 Å². The average Bonchev–Trinajstić information content (AvgIpc) is 3.17. The third kappa shape index (κ3) is 4.36. The molecule has 3 aromatic rings. The monoisotopic (exact) mass is 504 g/mol. The predicted molar refractivity (Wildman–Crippen MR) is 157 cm³/mol. The van der Waals surface area contributed by atoms with Crippen LogP contribution < -0.4 is 4.90 Å². The second kappa shape index (κ2) is 9.85. The molecule has 3 aliphatic heterocycles. The van der Waals surface area contributed by atoms with Crippen LogP contribution in [0.4, 0.5) is 5.69 Å². The van der Waals surface area contributed by atoms with Crippen molar-refractivity contribution in [3.8, 4) is 11.1 Å². The van der Waals surface area contributed by atoms with Gasteiger partial charge in [0.25, 0.3) is 0 Å². The Morgan fingerprint density at radius 3 is 2.38 bits per heavy atom. The molecule has 2 saturated heterocycles. The fourth-order valence-corrected chi connectivity index (χ4v) is 8.36. The van der Waals surface area contributed by atoms with Gasteiger partial charge in [-0.15, -0.1) is 0 Å². The van der Waals surface area contributed by atoms with Gasteiger partial charge in [-0.05, 0) is 86.3 Å². The van der Waals surface area contributed by atoms with Crippen LogP contribution in [0.1, 0.15) is 49.7 Å². The van der Waals surface area contributed by atoms with Crippen LogP contribution in [0.5, 0.6) is 0 Å². The van der Waals surface area contributed by atoms with Gasteiger partial charge in [0.2, 0.25) is 0 Å². The summed E-state index contributed by atoms with van der Waals surface area (Å²) in [5, 5.41) is 0. The zero-order chi connectivity index (χ0) is 24.8. The molecule has 2 fully saturated rings. The van der Waals surface area contributed by atoms with Gasteiger partial charge in [-0.2, -0.15) is 0 Å². The minimum absolute atomic E-state index is 0.585. The summed E-state index contributed by atoms with van der Waals surface area (Å²) in [4.78, 5) is 8.51. The Bertz CT molecular complexity index is 1340. The van der Waals surface area contributed by atoms with Crippen LogP contribution in [-0.2, 0) is 6.42 Å². The van der Waals surface area contributed by atoms with E-state index in [1.54, 1.807) is 0 Å². The number of allylic oxidation sites excluding steroid dienone is 2. The lowest BCUT2D eigenvalue weighted by Crippen LogP contribution is -2.51. The summed E-state index contributed by atoms with van der Waals surface area (Å²) in [6.07, 6.45) is 13.8. The van der Waals surface area contributed by atoms with Crippen LogP contribution in [0.25, 0.3) is 11.1 Å². The van der Waals surface area contributed by atoms with Crippen LogP contribution in [0, 0.1) is 6.92 Å². The second-order valence-corrected chi connectivity index (χ2v) is 12.3. The number of aryl methyl sites for hydroxylation is 1. The maximum Gasteiger partial charge on any atom is 0.0555 e. The summed E-state index contributed by atoms with van der Waals surface area (Å²) in [5.41, 5.74) is 8.41. The second-order valence-electron chi connectivity index (χ2n) is 11.2. The molecule has 0 radical (unpaired) electrons. The molecule has 188 valence electrons. The van der Waals surface area contributed by atoms with Crippen molar-refractivity contribution >= 4 is 17.4 Å². The first-order valence-electron chi connectivity index (χ1n) is 14.1. The molecule has 0 amide bonds. The van der Waals surface area contributed by atoms with Crippen molar-refractivity contribution in [3.05, 3.63) is 107 Å². The van der Waals surface area contributed by atoms with E-state index in [1.165, 1.54) is 82.1 Å². The number of thioether (sulfide) groups is 1. The molecule has 2 bridgehead atoms. The molecule has 2 nitrogen and oxygen atoms in total. The van der Waals surface area contributed by atoms with E-state index in [1.807, 2.05) is 11.8 Å². The van der Waals surface area contributed by atoms with Gasteiger partial charge in [0.05, 0.1) is 11.4 Å². The number of anilines is 1. The van der Waals surface area contributed by atoms with Crippen molar-refractivity contribution in [3.63, 3.8) is 0 Å². The van der Waals surface area contributed by atoms with Crippen LogP contribution in [0.2, 0.25) is 0 Å². The molecular weight excluding hydrogens is 468 g/mol. The first-order chi connectivity index (χ1) is 18.2. The van der Waals surface area contributed by atoms with E-state index in [0.717, 1.165) is 12.8 Å². The molecule has 0 aromatic heterocycles. The Labute approximate surface area is 226 Å². The summed E-state index contributed by atoms with van der Waals surface area (Å²) in [6, 6.07) is 29.1. The standard InChI is InChI=1S/C34H36N2S/c1-24-9-5-6-12-30(24)26-15-18-32-34(21-26)37-33-14-8-7-13-31(33)36(32)29-22-27-16-17-28(23-29)35(27)20-19-25-10-3-2-4-11-25/h2-6,9-15,18,21,27-29H,7-8,16-17,19-20,22-23H2,1H3. The lowest BCUT2D eigenvalue weighted by molar-refractivity contribution is 0.128. The highest BCUT2D eigenvalue weighted by molar-refractivity contribution is 8.03. The lowest BCUT2D eigenvalue weighted by Gasteiger charge is -2.47. The molecule has 3 heterocycles. The van der Waals surface area contributed by atoms with E-state index >= 15 is 0 Å². The molecule has 37 heavy (non-hydrogen) atoms. The number of rotatable bonds is 5. The number of nitrogens with zero attached hydrogens (tertiary/aromatic N) is 2. The highest BCUT2D eigenvalue weighted by Crippen LogP contribution is 2.52. The van der Waals surface area contributed by atoms with Gasteiger partial charge in [0.15, 0.2) is 0 Å². The molecule has 2 atom stereocenters. The molecule has 3 heteroatoms. The van der Waals surface area contributed by atoms with E-state index in [9.17, 15) is 0 Å². The van der Waals surface area contributed by atoms with E-state index < -0.39 is 0 Å². The zero-order valence-corrected chi connectivity index (χ0v) is 22.6. The quantitative estimate of drug-likeness (QED) is 0.345. The van der Waals surface area contributed by atoms with Gasteiger partial charge < -0.3 is 4.90 Å². The number of piperidine rings is 1. The Hall–Kier alpha value is -2.75. The molecule has 0 spiro atoms. The van der Waals surface area contributed by atoms with Crippen LogP contribution in [0.15, 0.2) is 100 Å². The highest BCUT2D eigenvalue weighted by Gasteiger charge is 2.44. The minimum Gasteiger partial charge on any atom is -0.337 e. The van der Waals surface area contributed by atoms with Gasteiger partial charge in [-0.25, -0.2) is 0 Å². The molecule has 7 rings (SSSR count). The van der Waals surface area contributed by atoms with Crippen molar-refractivity contribution in [2.75, 3.05) is 11.4 Å². The molecular formula is C34H36N2S. The Morgan fingerprint density at radius 2 is 1.57 bits per heavy atom. The molecule has 3 aromatic carbocycles. The summed E-state index contributed by atoms with van der Waals surface area (Å²) < 4.78 is 0. The average molecular weight is 505 g/mol. The predicted octanol–water partition coefficient (Wildman–Crippen LogP) is 8.37. The first kappa shape index (κ1) is 23.4. The Balaban J connectivity index is 1.18. The summed E-state index contributed by atoms with van der Waals surface area (Å²) >= 11 is 1.99. The molecule has 0 N–H and O–H groups in total. The van der Waals surface area contributed by atoms with E-state index in [-0.39, 0.29) is 0 Å². The van der Waals surface area contributed by atoms with E-state index in [2.05, 4.69) is 102 Å². The van der Waals surface area contributed by atoms with Crippen LogP contribution in [-0.4, -0.2) is 29.6 Å². The maximum absolute atomic E-state index is 2.86. The third-order valence-corrected chi connectivity index (χ3v) is 10.1. The Kier molecular flexibility index (Phi) is 6.22. The normalized spacial score (nSPS) is 24.8. The number of hydrogen-bond donors (Lipinski definition) is 0. The highest BCUT2D eigenvalue weighted by atomic mass is 32.2. The molecule has 2 unspecified atom stereocenters. The fraction of sp³-hybridized carbons (Fsp3) is 0.353. The number of hydrogen-bond acceptors (Lipinski definition) is 3. The Morgan fingerprint density at radius 1 is 0.811 bits per heavy atom. The largest absolute Gasteiger partial charge is 0.337 e. The first-order valence-corrected chi connectivity index (χ1v) is 14.9. The smallest absolute Gasteiger partial charge is 0.0555 e. The van der Waals surface area contributed by atoms with Crippen molar-refractivity contribution in [1.29, 1.82) is 0 Å². The zero-order valence-electron chi connectivity index (χ0n) is 21.8. The lowest BCUT2D eigenvalue weighted by atomic mass is 9.93. The van der Waals surface area contributed by atoms with Gasteiger partial charge >= 0.3 is 0 Å². The fourth-order valence-electron chi connectivity index (χ4n) is 7.18. The topological polar surface area (TPSA) is 6.48 Å². The number of benzene rings is 3. The maximum atomic E-state index is 2.86. The van der Waals surface area contributed by atoms with Crippen molar-refractivity contribution in [2.45, 2.75) is 74.9 Å². The third-order valence-electron chi connectivity index (χ3n) is 8.97. The SMILES string of the molecule is Cc1ccccc1-c1ccc2c(c1)SC1=CCCC=C1N2C1CC2CCC(C1)N2CCc1ccccc1. The van der Waals surface area contributed by atoms with Gasteiger partial charge in [-0.3, -0.25) is 4.90 Å². The van der Waals surface area contributed by atoms with Crippen molar-refractivity contribution in [1.82, 2.24) is 4.90 Å². The van der Waals surface area contributed by atoms with E-state index in [0.29, 0.717) is 18.1 Å². The molecule has 4 aliphatic rings. The molecule has 1 aliphatic carbocycles.